The first-order valence-corrected chi connectivity index (χ1v) is 14.5. The number of methoxy groups -OCH3 is 1. The number of benzene rings is 3. The fourth-order valence-corrected chi connectivity index (χ4v) is 5.79. The van der Waals surface area contributed by atoms with Crippen LogP contribution in [-0.4, -0.2) is 47.2 Å². The fraction of sp³-hybridized carbons (Fsp3) is 0.394. The van der Waals surface area contributed by atoms with E-state index in [1.54, 1.807) is 4.90 Å². The number of likely N-dealkylation sites (tertiary alicyclic amines) is 1. The average molecular weight is 637 g/mol. The van der Waals surface area contributed by atoms with Crippen LogP contribution in [0.1, 0.15) is 54.0 Å². The summed E-state index contributed by atoms with van der Waals surface area (Å²) < 4.78 is 92.1. The molecule has 0 unspecified atom stereocenters. The van der Waals surface area contributed by atoms with Gasteiger partial charge in [-0.25, -0.2) is 9.59 Å². The number of nitrogens with zero attached hydrogens (tertiary/aromatic N) is 2. The van der Waals surface area contributed by atoms with Crippen LogP contribution in [0.3, 0.4) is 0 Å². The predicted octanol–water partition coefficient (Wildman–Crippen LogP) is 8.48. The molecule has 4 rings (SSSR count). The van der Waals surface area contributed by atoms with Gasteiger partial charge in [0.05, 0.1) is 18.2 Å². The largest absolute Gasteiger partial charge is 0.453 e. The molecular weight excluding hydrogens is 602 g/mol. The molecule has 3 atom stereocenters. The Morgan fingerprint density at radius 3 is 1.84 bits per heavy atom. The molecule has 2 amide bonds. The molecule has 3 aromatic carbocycles. The Hall–Kier alpha value is -4.22. The molecule has 1 heterocycles. The second kappa shape index (κ2) is 14.3. The van der Waals surface area contributed by atoms with Gasteiger partial charge in [0.2, 0.25) is 0 Å². The molecule has 1 saturated heterocycles. The third kappa shape index (κ3) is 8.70. The molecule has 3 aromatic rings. The summed E-state index contributed by atoms with van der Waals surface area (Å²) >= 11 is 0. The Bertz CT molecular complexity index is 1400. The summed E-state index contributed by atoms with van der Waals surface area (Å²) in [5, 5.41) is 0. The molecule has 6 nitrogen and oxygen atoms in total. The smallest absolute Gasteiger partial charge is 0.416 e. The molecule has 1 aliphatic rings. The molecule has 0 aliphatic carbocycles. The summed E-state index contributed by atoms with van der Waals surface area (Å²) in [5.74, 6) is 0. The molecule has 0 aromatic heterocycles. The highest BCUT2D eigenvalue weighted by atomic mass is 19.4. The number of carbonyl (C=O) groups excluding carboxylic acids is 2. The third-order valence-corrected chi connectivity index (χ3v) is 7.93. The van der Waals surface area contributed by atoms with Crippen LogP contribution < -0.4 is 0 Å². The van der Waals surface area contributed by atoms with Gasteiger partial charge in [-0.3, -0.25) is 0 Å². The normalized spacial score (nSPS) is 18.8. The highest BCUT2D eigenvalue weighted by Gasteiger charge is 2.43. The van der Waals surface area contributed by atoms with E-state index in [0.717, 1.165) is 23.1 Å². The number of hydrogen-bond donors (Lipinski definition) is 0. The first-order chi connectivity index (χ1) is 21.3. The summed E-state index contributed by atoms with van der Waals surface area (Å²) in [7, 11) is 1.09. The molecule has 0 bridgehead atoms. The van der Waals surface area contributed by atoms with Crippen molar-refractivity contribution in [2.45, 2.75) is 76.2 Å². The number of amides is 2. The zero-order valence-electron chi connectivity index (χ0n) is 24.8. The summed E-state index contributed by atoms with van der Waals surface area (Å²) in [5.41, 5.74) is -1.59. The van der Waals surface area contributed by atoms with Crippen molar-refractivity contribution in [1.82, 2.24) is 9.80 Å². The van der Waals surface area contributed by atoms with E-state index in [2.05, 4.69) is 0 Å². The number of piperidine rings is 1. The van der Waals surface area contributed by atoms with E-state index in [4.69, 9.17) is 9.47 Å². The SMILES string of the molecule is CC[C@@H]1C[C@H](N(Cc2cc(C(F)(F)F)cc(C(F)(F)F)c2)C(=O)OC)C[C@H](Cc2ccccc2)N1C(=O)OCc1ccccc1. The van der Waals surface area contributed by atoms with Crippen molar-refractivity contribution in [3.8, 4) is 0 Å². The quantitative estimate of drug-likeness (QED) is 0.233. The van der Waals surface area contributed by atoms with Crippen LogP contribution in [0, 0.1) is 0 Å². The molecule has 1 aliphatic heterocycles. The van der Waals surface area contributed by atoms with Crippen molar-refractivity contribution in [3.63, 3.8) is 0 Å². The van der Waals surface area contributed by atoms with Crippen LogP contribution >= 0.6 is 0 Å². The lowest BCUT2D eigenvalue weighted by Gasteiger charge is -2.47. The standard InChI is InChI=1S/C33H34F6N2O4/c1-3-27-18-28(40(30(42)44-2)20-24-14-25(32(34,35)36)17-26(15-24)33(37,38)39)19-29(16-22-10-6-4-7-11-22)41(27)31(43)45-21-23-12-8-5-9-13-23/h4-15,17,27-29H,3,16,18-21H2,1-2H3/t27-,28+,29+/m1/s1. The maximum absolute atomic E-state index is 13.6. The molecule has 0 spiro atoms. The third-order valence-electron chi connectivity index (χ3n) is 7.93. The van der Waals surface area contributed by atoms with E-state index in [0.29, 0.717) is 25.0 Å². The molecule has 242 valence electrons. The first-order valence-electron chi connectivity index (χ1n) is 14.5. The van der Waals surface area contributed by atoms with Crippen molar-refractivity contribution in [2.24, 2.45) is 0 Å². The van der Waals surface area contributed by atoms with Crippen LogP contribution in [0.4, 0.5) is 35.9 Å². The maximum atomic E-state index is 13.6. The highest BCUT2D eigenvalue weighted by Crippen LogP contribution is 2.38. The minimum atomic E-state index is -5.04. The van der Waals surface area contributed by atoms with Crippen LogP contribution in [0.5, 0.6) is 0 Å². The molecule has 12 heteroatoms. The van der Waals surface area contributed by atoms with Crippen LogP contribution in [-0.2, 0) is 41.4 Å². The summed E-state index contributed by atoms with van der Waals surface area (Å²) in [4.78, 5) is 29.4. The van der Waals surface area contributed by atoms with E-state index >= 15 is 0 Å². The maximum Gasteiger partial charge on any atom is 0.416 e. The topological polar surface area (TPSA) is 59.1 Å². The second-order valence-corrected chi connectivity index (χ2v) is 11.0. The van der Waals surface area contributed by atoms with Crippen LogP contribution in [0.15, 0.2) is 78.9 Å². The zero-order chi connectivity index (χ0) is 32.8. The van der Waals surface area contributed by atoms with E-state index in [1.165, 1.54) is 0 Å². The molecule has 0 radical (unpaired) electrons. The van der Waals surface area contributed by atoms with Gasteiger partial charge in [0, 0.05) is 24.7 Å². The van der Waals surface area contributed by atoms with Gasteiger partial charge in [-0.1, -0.05) is 67.6 Å². The van der Waals surface area contributed by atoms with Gasteiger partial charge in [0.1, 0.15) is 6.61 Å². The minimum absolute atomic E-state index is 0.0411. The Balaban J connectivity index is 1.67. The number of alkyl halides is 6. The van der Waals surface area contributed by atoms with Crippen molar-refractivity contribution < 1.29 is 45.4 Å². The van der Waals surface area contributed by atoms with E-state index in [-0.39, 0.29) is 31.1 Å². The van der Waals surface area contributed by atoms with Gasteiger partial charge < -0.3 is 19.3 Å². The molecule has 0 N–H and O–H groups in total. The summed E-state index contributed by atoms with van der Waals surface area (Å²) in [6, 6.07) is 18.1. The van der Waals surface area contributed by atoms with E-state index in [9.17, 15) is 35.9 Å². The number of halogens is 6. The lowest BCUT2D eigenvalue weighted by Crippen LogP contribution is -2.58. The average Bonchev–Trinajstić information content (AvgIpc) is 3.01. The predicted molar refractivity (Wildman–Crippen MR) is 154 cm³/mol. The Morgan fingerprint density at radius 2 is 1.33 bits per heavy atom. The van der Waals surface area contributed by atoms with Crippen LogP contribution in [0.2, 0.25) is 0 Å². The Kier molecular flexibility index (Phi) is 10.7. The first kappa shape index (κ1) is 33.7. The van der Waals surface area contributed by atoms with Crippen molar-refractivity contribution in [3.05, 3.63) is 107 Å². The van der Waals surface area contributed by atoms with Gasteiger partial charge in [0.25, 0.3) is 0 Å². The lowest BCUT2D eigenvalue weighted by molar-refractivity contribution is -0.143. The highest BCUT2D eigenvalue weighted by molar-refractivity contribution is 5.70. The van der Waals surface area contributed by atoms with E-state index < -0.39 is 60.3 Å². The van der Waals surface area contributed by atoms with Gasteiger partial charge >= 0.3 is 24.5 Å². The number of hydrogen-bond acceptors (Lipinski definition) is 4. The Labute approximate surface area is 257 Å². The van der Waals surface area contributed by atoms with Gasteiger partial charge in [-0.05, 0) is 60.6 Å². The Morgan fingerprint density at radius 1 is 0.800 bits per heavy atom. The number of carbonyl (C=O) groups is 2. The summed E-state index contributed by atoms with van der Waals surface area (Å²) in [6.07, 6.45) is -10.3. The molecule has 0 saturated carbocycles. The number of rotatable bonds is 8. The van der Waals surface area contributed by atoms with Gasteiger partial charge in [0.15, 0.2) is 0 Å². The van der Waals surface area contributed by atoms with Crippen molar-refractivity contribution in [2.75, 3.05) is 7.11 Å². The molecule has 1 fully saturated rings. The molecule has 45 heavy (non-hydrogen) atoms. The van der Waals surface area contributed by atoms with E-state index in [1.807, 2.05) is 67.6 Å². The van der Waals surface area contributed by atoms with Crippen molar-refractivity contribution in [1.29, 1.82) is 0 Å². The number of ether oxygens (including phenoxy) is 2. The van der Waals surface area contributed by atoms with Gasteiger partial charge in [-0.2, -0.15) is 26.3 Å². The molecular formula is C33H34F6N2O4. The van der Waals surface area contributed by atoms with Crippen LogP contribution in [0.25, 0.3) is 0 Å². The minimum Gasteiger partial charge on any atom is -0.453 e. The fourth-order valence-electron chi connectivity index (χ4n) is 5.79. The van der Waals surface area contributed by atoms with Gasteiger partial charge in [-0.15, -0.1) is 0 Å². The second-order valence-electron chi connectivity index (χ2n) is 11.0. The zero-order valence-corrected chi connectivity index (χ0v) is 24.8. The lowest BCUT2D eigenvalue weighted by atomic mass is 9.86. The summed E-state index contributed by atoms with van der Waals surface area (Å²) in [6.45, 7) is 1.34. The monoisotopic (exact) mass is 636 g/mol. The van der Waals surface area contributed by atoms with Crippen molar-refractivity contribution >= 4 is 12.2 Å².